The van der Waals surface area contributed by atoms with Crippen molar-refractivity contribution in [3.63, 3.8) is 0 Å². The lowest BCUT2D eigenvalue weighted by molar-refractivity contribution is -0.121. The number of nitrogens with two attached hydrogens (primary N) is 1. The number of hydrogen-bond donors (Lipinski definition) is 2. The minimum atomic E-state index is -0.364. The van der Waals surface area contributed by atoms with Crippen molar-refractivity contribution in [3.8, 4) is 0 Å². The van der Waals surface area contributed by atoms with Crippen LogP contribution in [-0.4, -0.2) is 18.4 Å². The van der Waals surface area contributed by atoms with Gasteiger partial charge in [-0.1, -0.05) is 0 Å². The second kappa shape index (κ2) is 5.82. The molecule has 1 fully saturated rings. The van der Waals surface area contributed by atoms with Crippen LogP contribution in [0, 0.1) is 17.7 Å². The SMILES string of the molecule is NC(=O)C1CCC(CNC(=O)c2ccc(F)cc2)C1. The van der Waals surface area contributed by atoms with Crippen LogP contribution in [0.3, 0.4) is 0 Å². The predicted molar refractivity (Wildman–Crippen MR) is 68.8 cm³/mol. The molecular weight excluding hydrogens is 247 g/mol. The van der Waals surface area contributed by atoms with E-state index < -0.39 is 0 Å². The van der Waals surface area contributed by atoms with Crippen LogP contribution in [0.1, 0.15) is 29.6 Å². The molecule has 2 amide bonds. The Hall–Kier alpha value is -1.91. The van der Waals surface area contributed by atoms with Crippen molar-refractivity contribution in [1.29, 1.82) is 0 Å². The maximum absolute atomic E-state index is 12.7. The van der Waals surface area contributed by atoms with Crippen molar-refractivity contribution in [2.24, 2.45) is 17.6 Å². The first-order valence-corrected chi connectivity index (χ1v) is 6.39. The molecule has 1 saturated carbocycles. The third-order valence-corrected chi connectivity index (χ3v) is 3.60. The number of nitrogens with one attached hydrogen (secondary N) is 1. The van der Waals surface area contributed by atoms with Crippen molar-refractivity contribution in [1.82, 2.24) is 5.32 Å². The molecule has 1 aromatic rings. The fourth-order valence-corrected chi connectivity index (χ4v) is 2.46. The highest BCUT2D eigenvalue weighted by molar-refractivity contribution is 5.94. The highest BCUT2D eigenvalue weighted by Crippen LogP contribution is 2.30. The van der Waals surface area contributed by atoms with E-state index in [9.17, 15) is 14.0 Å². The topological polar surface area (TPSA) is 72.2 Å². The van der Waals surface area contributed by atoms with E-state index in [1.165, 1.54) is 24.3 Å². The smallest absolute Gasteiger partial charge is 0.251 e. The molecule has 19 heavy (non-hydrogen) atoms. The molecule has 1 aliphatic carbocycles. The summed E-state index contributed by atoms with van der Waals surface area (Å²) in [6, 6.07) is 5.41. The first-order valence-electron chi connectivity index (χ1n) is 6.39. The molecule has 0 saturated heterocycles. The molecule has 0 bridgehead atoms. The van der Waals surface area contributed by atoms with E-state index in [1.807, 2.05) is 0 Å². The van der Waals surface area contributed by atoms with Crippen LogP contribution in [0.25, 0.3) is 0 Å². The second-order valence-corrected chi connectivity index (χ2v) is 5.00. The van der Waals surface area contributed by atoms with Gasteiger partial charge >= 0.3 is 0 Å². The summed E-state index contributed by atoms with van der Waals surface area (Å²) in [6.07, 6.45) is 2.43. The molecule has 0 heterocycles. The number of benzene rings is 1. The standard InChI is InChI=1S/C14H17FN2O2/c15-12-5-3-10(4-6-12)14(19)17-8-9-1-2-11(7-9)13(16)18/h3-6,9,11H,1-2,7-8H2,(H2,16,18)(H,17,19). The number of carbonyl (C=O) groups is 2. The van der Waals surface area contributed by atoms with Crippen LogP contribution in [0.5, 0.6) is 0 Å². The highest BCUT2D eigenvalue weighted by atomic mass is 19.1. The minimum Gasteiger partial charge on any atom is -0.369 e. The minimum absolute atomic E-state index is 0.0623. The zero-order valence-electron chi connectivity index (χ0n) is 10.6. The van der Waals surface area contributed by atoms with Crippen LogP contribution in [0.15, 0.2) is 24.3 Å². The summed E-state index contributed by atoms with van der Waals surface area (Å²) in [7, 11) is 0. The van der Waals surface area contributed by atoms with Gasteiger partial charge in [-0.15, -0.1) is 0 Å². The molecule has 4 nitrogen and oxygen atoms in total. The van der Waals surface area contributed by atoms with Gasteiger partial charge in [-0.2, -0.15) is 0 Å². The van der Waals surface area contributed by atoms with Crippen LogP contribution in [0.4, 0.5) is 4.39 Å². The molecule has 2 atom stereocenters. The number of amides is 2. The van der Waals surface area contributed by atoms with E-state index in [-0.39, 0.29) is 23.5 Å². The second-order valence-electron chi connectivity index (χ2n) is 5.00. The van der Waals surface area contributed by atoms with Crippen LogP contribution >= 0.6 is 0 Å². The van der Waals surface area contributed by atoms with Gasteiger partial charge < -0.3 is 11.1 Å². The van der Waals surface area contributed by atoms with Gasteiger partial charge in [-0.25, -0.2) is 4.39 Å². The van der Waals surface area contributed by atoms with Gasteiger partial charge in [-0.3, -0.25) is 9.59 Å². The largest absolute Gasteiger partial charge is 0.369 e. The summed E-state index contributed by atoms with van der Waals surface area (Å²) >= 11 is 0. The Bertz CT molecular complexity index is 473. The predicted octanol–water partition coefficient (Wildman–Crippen LogP) is 1.46. The van der Waals surface area contributed by atoms with Crippen molar-refractivity contribution in [2.75, 3.05) is 6.54 Å². The van der Waals surface area contributed by atoms with Gasteiger partial charge in [0.05, 0.1) is 0 Å². The number of halogens is 1. The summed E-state index contributed by atoms with van der Waals surface area (Å²) in [5.41, 5.74) is 5.70. The lowest BCUT2D eigenvalue weighted by atomic mass is 10.0. The average molecular weight is 264 g/mol. The third kappa shape index (κ3) is 3.53. The van der Waals surface area contributed by atoms with E-state index in [4.69, 9.17) is 5.73 Å². The van der Waals surface area contributed by atoms with Crippen LogP contribution in [-0.2, 0) is 4.79 Å². The van der Waals surface area contributed by atoms with E-state index in [0.717, 1.165) is 19.3 Å². The van der Waals surface area contributed by atoms with Crippen LogP contribution < -0.4 is 11.1 Å². The Morgan fingerprint density at radius 2 is 1.95 bits per heavy atom. The van der Waals surface area contributed by atoms with Crippen molar-refractivity contribution < 1.29 is 14.0 Å². The van der Waals surface area contributed by atoms with E-state index in [1.54, 1.807) is 0 Å². The highest BCUT2D eigenvalue weighted by Gasteiger charge is 2.28. The Kier molecular flexibility index (Phi) is 4.14. The molecule has 0 radical (unpaired) electrons. The molecule has 2 rings (SSSR count). The summed E-state index contributed by atoms with van der Waals surface area (Å²) in [4.78, 5) is 22.8. The average Bonchev–Trinajstić information content (AvgIpc) is 2.86. The number of primary amides is 1. The Balaban J connectivity index is 1.81. The van der Waals surface area contributed by atoms with Crippen molar-refractivity contribution >= 4 is 11.8 Å². The molecule has 2 unspecified atom stereocenters. The first-order chi connectivity index (χ1) is 9.06. The molecule has 102 valence electrons. The molecular formula is C14H17FN2O2. The Morgan fingerprint density at radius 1 is 1.26 bits per heavy atom. The lowest BCUT2D eigenvalue weighted by Gasteiger charge is -2.11. The quantitative estimate of drug-likeness (QED) is 0.864. The summed E-state index contributed by atoms with van der Waals surface area (Å²) in [5.74, 6) is -0.610. The molecule has 0 aromatic heterocycles. The van der Waals surface area contributed by atoms with Gasteiger partial charge in [-0.05, 0) is 49.4 Å². The molecule has 1 aromatic carbocycles. The van der Waals surface area contributed by atoms with Gasteiger partial charge in [0.1, 0.15) is 5.82 Å². The van der Waals surface area contributed by atoms with Crippen molar-refractivity contribution in [3.05, 3.63) is 35.6 Å². The summed E-state index contributed by atoms with van der Waals surface area (Å²) < 4.78 is 12.7. The Morgan fingerprint density at radius 3 is 2.53 bits per heavy atom. The van der Waals surface area contributed by atoms with E-state index in [0.29, 0.717) is 18.0 Å². The maximum atomic E-state index is 12.7. The maximum Gasteiger partial charge on any atom is 0.251 e. The molecule has 1 aliphatic rings. The van der Waals surface area contributed by atoms with Crippen molar-refractivity contribution in [2.45, 2.75) is 19.3 Å². The zero-order chi connectivity index (χ0) is 13.8. The molecule has 3 N–H and O–H groups in total. The fourth-order valence-electron chi connectivity index (χ4n) is 2.46. The number of rotatable bonds is 4. The van der Waals surface area contributed by atoms with Gasteiger partial charge in [0.2, 0.25) is 5.91 Å². The van der Waals surface area contributed by atoms with Gasteiger partial charge in [0.15, 0.2) is 0 Å². The molecule has 0 spiro atoms. The zero-order valence-corrected chi connectivity index (χ0v) is 10.6. The normalized spacial score (nSPS) is 22.2. The van der Waals surface area contributed by atoms with Crippen LogP contribution in [0.2, 0.25) is 0 Å². The van der Waals surface area contributed by atoms with E-state index in [2.05, 4.69) is 5.32 Å². The first kappa shape index (κ1) is 13.5. The monoisotopic (exact) mass is 264 g/mol. The molecule has 0 aliphatic heterocycles. The lowest BCUT2D eigenvalue weighted by Crippen LogP contribution is -2.29. The fraction of sp³-hybridized carbons (Fsp3) is 0.429. The summed E-state index contributed by atoms with van der Waals surface area (Å²) in [6.45, 7) is 0.528. The number of hydrogen-bond acceptors (Lipinski definition) is 2. The van der Waals surface area contributed by atoms with Gasteiger partial charge in [0, 0.05) is 18.0 Å². The van der Waals surface area contributed by atoms with E-state index >= 15 is 0 Å². The number of carbonyl (C=O) groups excluding carboxylic acids is 2. The third-order valence-electron chi connectivity index (χ3n) is 3.60. The summed E-state index contributed by atoms with van der Waals surface area (Å²) in [5, 5.41) is 2.81. The Labute approximate surface area is 111 Å². The van der Waals surface area contributed by atoms with Gasteiger partial charge in [0.25, 0.3) is 5.91 Å². The molecule has 5 heteroatoms.